The molecule has 0 saturated heterocycles. The first-order chi connectivity index (χ1) is 16.6. The minimum atomic E-state index is -0.109. The Balaban J connectivity index is 1.51. The van der Waals surface area contributed by atoms with Crippen LogP contribution in [0.5, 0.6) is 0 Å². The number of aryl methyl sites for hydroxylation is 1. The van der Waals surface area contributed by atoms with Crippen LogP contribution in [0.3, 0.4) is 0 Å². The van der Waals surface area contributed by atoms with Crippen LogP contribution in [0.2, 0.25) is 0 Å². The van der Waals surface area contributed by atoms with Gasteiger partial charge in [0, 0.05) is 16.7 Å². The highest BCUT2D eigenvalue weighted by atomic mass is 32.2. The molecule has 4 nitrogen and oxygen atoms in total. The highest BCUT2D eigenvalue weighted by Crippen LogP contribution is 2.27. The van der Waals surface area contributed by atoms with Gasteiger partial charge in [-0.2, -0.15) is 5.26 Å². The molecule has 4 aromatic rings. The number of thioether (sulfide) groups is 1. The van der Waals surface area contributed by atoms with Crippen molar-refractivity contribution >= 4 is 17.7 Å². The molecule has 4 rings (SSSR count). The van der Waals surface area contributed by atoms with Crippen LogP contribution in [-0.4, -0.2) is 17.1 Å². The highest BCUT2D eigenvalue weighted by Gasteiger charge is 2.09. The minimum absolute atomic E-state index is 0.109. The Morgan fingerprint density at radius 3 is 2.38 bits per heavy atom. The Morgan fingerprint density at radius 1 is 0.941 bits per heavy atom. The fraction of sp³-hybridized carbons (Fsp3) is 0.138. The summed E-state index contributed by atoms with van der Waals surface area (Å²) in [6.07, 6.45) is 4.18. The number of carbonyl (C=O) groups is 1. The summed E-state index contributed by atoms with van der Waals surface area (Å²) >= 11 is 1.64. The lowest BCUT2D eigenvalue weighted by molar-refractivity contribution is 0.0950. The summed E-state index contributed by atoms with van der Waals surface area (Å²) in [6, 6.07) is 28.3. The monoisotopic (exact) mass is 463 g/mol. The van der Waals surface area contributed by atoms with Gasteiger partial charge >= 0.3 is 0 Å². The predicted octanol–water partition coefficient (Wildman–Crippen LogP) is 6.44. The molecule has 1 heterocycles. The second-order valence-corrected chi connectivity index (χ2v) is 8.87. The van der Waals surface area contributed by atoms with Crippen molar-refractivity contribution < 1.29 is 4.79 Å². The van der Waals surface area contributed by atoms with E-state index in [1.54, 1.807) is 18.0 Å². The number of carbonyl (C=O) groups excluding carboxylic acids is 1. The second kappa shape index (κ2) is 10.8. The van der Waals surface area contributed by atoms with Gasteiger partial charge in [0.2, 0.25) is 0 Å². The van der Waals surface area contributed by atoms with Crippen LogP contribution < -0.4 is 5.32 Å². The summed E-state index contributed by atoms with van der Waals surface area (Å²) in [6.45, 7) is 2.39. The molecule has 0 aliphatic carbocycles. The SMILES string of the molecule is CSc1cc(C(=O)NCc2cc(-c3cccc(-c4cccc(CC#N)c4)c3)ccn2)ccc1C. The van der Waals surface area contributed by atoms with Gasteiger partial charge in [-0.15, -0.1) is 11.8 Å². The van der Waals surface area contributed by atoms with Crippen molar-refractivity contribution in [2.75, 3.05) is 6.26 Å². The van der Waals surface area contributed by atoms with E-state index in [4.69, 9.17) is 5.26 Å². The molecule has 0 fully saturated rings. The smallest absolute Gasteiger partial charge is 0.251 e. The summed E-state index contributed by atoms with van der Waals surface area (Å²) in [5.41, 5.74) is 7.90. The van der Waals surface area contributed by atoms with E-state index in [9.17, 15) is 4.79 Å². The second-order valence-electron chi connectivity index (χ2n) is 8.02. The maximum Gasteiger partial charge on any atom is 0.251 e. The Bertz CT molecular complexity index is 1370. The van der Waals surface area contributed by atoms with Crippen LogP contribution in [0.4, 0.5) is 0 Å². The molecular formula is C29H25N3OS. The number of nitriles is 1. The number of aromatic nitrogens is 1. The molecule has 1 N–H and O–H groups in total. The normalized spacial score (nSPS) is 10.5. The van der Waals surface area contributed by atoms with E-state index >= 15 is 0 Å². The van der Waals surface area contributed by atoms with Crippen molar-refractivity contribution in [1.29, 1.82) is 5.26 Å². The minimum Gasteiger partial charge on any atom is -0.346 e. The van der Waals surface area contributed by atoms with Crippen molar-refractivity contribution in [2.24, 2.45) is 0 Å². The maximum atomic E-state index is 12.7. The molecule has 0 atom stereocenters. The fourth-order valence-corrected chi connectivity index (χ4v) is 4.45. The molecule has 0 bridgehead atoms. The van der Waals surface area contributed by atoms with E-state index in [-0.39, 0.29) is 5.91 Å². The van der Waals surface area contributed by atoms with Gasteiger partial charge in [-0.05, 0) is 76.9 Å². The molecule has 168 valence electrons. The zero-order valence-corrected chi connectivity index (χ0v) is 20.0. The van der Waals surface area contributed by atoms with E-state index in [0.717, 1.165) is 44.0 Å². The van der Waals surface area contributed by atoms with Gasteiger partial charge in [0.05, 0.1) is 24.7 Å². The number of hydrogen-bond donors (Lipinski definition) is 1. The van der Waals surface area contributed by atoms with Gasteiger partial charge in [0.1, 0.15) is 0 Å². The first kappa shape index (κ1) is 23.3. The molecule has 0 aliphatic heterocycles. The molecule has 3 aromatic carbocycles. The largest absolute Gasteiger partial charge is 0.346 e. The van der Waals surface area contributed by atoms with E-state index in [1.807, 2.05) is 61.7 Å². The Hall–Kier alpha value is -3.88. The molecule has 1 aromatic heterocycles. The standard InChI is InChI=1S/C29H25N3OS/c1-20-9-10-26(18-28(20)34-2)29(33)32-19-27-17-25(12-14-31-27)24-8-4-7-23(16-24)22-6-3-5-21(15-22)11-13-30/h3-10,12,14-18H,11,19H2,1-2H3,(H,32,33). The summed E-state index contributed by atoms with van der Waals surface area (Å²) in [4.78, 5) is 18.2. The molecule has 0 saturated carbocycles. The number of nitrogens with zero attached hydrogens (tertiary/aromatic N) is 2. The van der Waals surface area contributed by atoms with E-state index in [1.165, 1.54) is 0 Å². The molecule has 1 amide bonds. The van der Waals surface area contributed by atoms with Gasteiger partial charge in [-0.3, -0.25) is 9.78 Å². The number of amides is 1. The number of nitrogens with one attached hydrogen (secondary N) is 1. The van der Waals surface area contributed by atoms with Crippen LogP contribution in [0, 0.1) is 18.3 Å². The zero-order valence-electron chi connectivity index (χ0n) is 19.2. The first-order valence-electron chi connectivity index (χ1n) is 11.0. The van der Waals surface area contributed by atoms with E-state index < -0.39 is 0 Å². The third-order valence-corrected chi connectivity index (χ3v) is 6.54. The van der Waals surface area contributed by atoms with Gasteiger partial charge < -0.3 is 5.32 Å². The highest BCUT2D eigenvalue weighted by molar-refractivity contribution is 7.98. The van der Waals surface area contributed by atoms with Gasteiger partial charge in [-0.25, -0.2) is 0 Å². The summed E-state index contributed by atoms with van der Waals surface area (Å²) < 4.78 is 0. The molecule has 0 spiro atoms. The zero-order chi connectivity index (χ0) is 23.9. The van der Waals surface area contributed by atoms with E-state index in [2.05, 4.69) is 46.7 Å². The van der Waals surface area contributed by atoms with Crippen molar-refractivity contribution in [3.05, 3.63) is 107 Å². The van der Waals surface area contributed by atoms with Crippen LogP contribution >= 0.6 is 11.8 Å². The third kappa shape index (κ3) is 5.54. The molecule has 34 heavy (non-hydrogen) atoms. The van der Waals surface area contributed by atoms with Crippen molar-refractivity contribution in [3.63, 3.8) is 0 Å². The summed E-state index contributed by atoms with van der Waals surface area (Å²) in [7, 11) is 0. The lowest BCUT2D eigenvalue weighted by Gasteiger charge is -2.10. The predicted molar refractivity (Wildman–Crippen MR) is 139 cm³/mol. The van der Waals surface area contributed by atoms with Crippen LogP contribution in [0.25, 0.3) is 22.3 Å². The maximum absolute atomic E-state index is 12.7. The number of benzene rings is 3. The molecule has 0 aliphatic rings. The number of hydrogen-bond acceptors (Lipinski definition) is 4. The van der Waals surface area contributed by atoms with Gasteiger partial charge in [-0.1, -0.05) is 48.5 Å². The molecule has 0 unspecified atom stereocenters. The Labute approximate surface area is 204 Å². The van der Waals surface area contributed by atoms with Gasteiger partial charge in [0.25, 0.3) is 5.91 Å². The van der Waals surface area contributed by atoms with Crippen molar-refractivity contribution in [1.82, 2.24) is 10.3 Å². The fourth-order valence-electron chi connectivity index (χ4n) is 3.82. The summed E-state index contributed by atoms with van der Waals surface area (Å²) in [5.74, 6) is -0.109. The quantitative estimate of drug-likeness (QED) is 0.320. The molecular weight excluding hydrogens is 438 g/mol. The third-order valence-electron chi connectivity index (χ3n) is 5.66. The topological polar surface area (TPSA) is 65.8 Å². The Morgan fingerprint density at radius 2 is 1.65 bits per heavy atom. The summed E-state index contributed by atoms with van der Waals surface area (Å²) in [5, 5.41) is 12.0. The number of rotatable bonds is 7. The lowest BCUT2D eigenvalue weighted by atomic mass is 9.97. The lowest BCUT2D eigenvalue weighted by Crippen LogP contribution is -2.23. The van der Waals surface area contributed by atoms with Crippen molar-refractivity contribution in [3.8, 4) is 28.3 Å². The Kier molecular flexibility index (Phi) is 7.41. The molecule has 5 heteroatoms. The molecule has 0 radical (unpaired) electrons. The number of pyridine rings is 1. The average Bonchev–Trinajstić information content (AvgIpc) is 2.88. The van der Waals surface area contributed by atoms with Crippen molar-refractivity contribution in [2.45, 2.75) is 24.8 Å². The first-order valence-corrected chi connectivity index (χ1v) is 12.2. The van der Waals surface area contributed by atoms with Crippen LogP contribution in [-0.2, 0) is 13.0 Å². The van der Waals surface area contributed by atoms with Crippen LogP contribution in [0.1, 0.15) is 27.2 Å². The van der Waals surface area contributed by atoms with E-state index in [0.29, 0.717) is 18.5 Å². The average molecular weight is 464 g/mol. The van der Waals surface area contributed by atoms with Crippen LogP contribution in [0.15, 0.2) is 90.0 Å². The van der Waals surface area contributed by atoms with Gasteiger partial charge in [0.15, 0.2) is 0 Å².